The van der Waals surface area contributed by atoms with Crippen LogP contribution >= 0.6 is 15.9 Å². The minimum Gasteiger partial charge on any atom is -0.371 e. The van der Waals surface area contributed by atoms with Gasteiger partial charge in [0.05, 0.1) is 11.3 Å². The zero-order chi connectivity index (χ0) is 14.3. The maximum Gasteiger partial charge on any atom is 0.419 e. The summed E-state index contributed by atoms with van der Waals surface area (Å²) in [5, 5.41) is 0. The third-order valence-corrected chi connectivity index (χ3v) is 3.77. The number of hydrogen-bond acceptors (Lipinski definition) is 1. The summed E-state index contributed by atoms with van der Waals surface area (Å²) in [4.78, 5) is 1.37. The molecule has 0 unspecified atom stereocenters. The number of benzene rings is 1. The van der Waals surface area contributed by atoms with Gasteiger partial charge in [-0.2, -0.15) is 13.2 Å². The van der Waals surface area contributed by atoms with Crippen LogP contribution in [0.1, 0.15) is 18.4 Å². The van der Waals surface area contributed by atoms with Crippen LogP contribution in [0.15, 0.2) is 22.7 Å². The summed E-state index contributed by atoms with van der Waals surface area (Å²) in [6, 6.07) is 4.09. The van der Waals surface area contributed by atoms with E-state index in [9.17, 15) is 22.0 Å². The van der Waals surface area contributed by atoms with Crippen LogP contribution in [0.25, 0.3) is 0 Å². The lowest BCUT2D eigenvalue weighted by Crippen LogP contribution is -2.40. The van der Waals surface area contributed by atoms with Gasteiger partial charge in [-0.15, -0.1) is 0 Å². The fraction of sp³-hybridized carbons (Fsp3) is 0.500. The molecule has 0 radical (unpaired) electrons. The number of alkyl halides is 5. The Morgan fingerprint density at radius 1 is 1.11 bits per heavy atom. The predicted octanol–water partition coefficient (Wildman–Crippen LogP) is 4.70. The molecule has 0 atom stereocenters. The Labute approximate surface area is 115 Å². The molecule has 1 saturated heterocycles. The summed E-state index contributed by atoms with van der Waals surface area (Å²) in [5.74, 6) is -2.78. The minimum absolute atomic E-state index is 0.0441. The molecule has 1 heterocycles. The van der Waals surface area contributed by atoms with Gasteiger partial charge in [0.1, 0.15) is 0 Å². The van der Waals surface area contributed by atoms with Crippen LogP contribution in [0.2, 0.25) is 0 Å². The van der Waals surface area contributed by atoms with Crippen molar-refractivity contribution in [2.75, 3.05) is 18.0 Å². The molecule has 1 nitrogen and oxygen atoms in total. The largest absolute Gasteiger partial charge is 0.419 e. The Balaban J connectivity index is 2.34. The molecule has 1 aromatic rings. The average molecular weight is 344 g/mol. The van der Waals surface area contributed by atoms with Crippen LogP contribution < -0.4 is 4.90 Å². The molecule has 1 fully saturated rings. The molecule has 7 heteroatoms. The highest BCUT2D eigenvalue weighted by Gasteiger charge is 2.40. The highest BCUT2D eigenvalue weighted by Crippen LogP contribution is 2.42. The van der Waals surface area contributed by atoms with Gasteiger partial charge < -0.3 is 4.90 Å². The molecule has 0 aromatic heterocycles. The summed E-state index contributed by atoms with van der Waals surface area (Å²) in [6.45, 7) is -0.154. The monoisotopic (exact) mass is 343 g/mol. The second-order valence-electron chi connectivity index (χ2n) is 4.47. The summed E-state index contributed by atoms with van der Waals surface area (Å²) in [5.41, 5.74) is -0.849. The molecule has 0 bridgehead atoms. The first-order valence-electron chi connectivity index (χ1n) is 5.69. The van der Waals surface area contributed by atoms with E-state index in [1.54, 1.807) is 0 Å². The van der Waals surface area contributed by atoms with Gasteiger partial charge >= 0.3 is 6.18 Å². The Kier molecular flexibility index (Phi) is 3.77. The van der Waals surface area contributed by atoms with E-state index in [0.717, 1.165) is 0 Å². The van der Waals surface area contributed by atoms with Crippen molar-refractivity contribution in [2.45, 2.75) is 24.9 Å². The predicted molar refractivity (Wildman–Crippen MR) is 65.5 cm³/mol. The van der Waals surface area contributed by atoms with Crippen molar-refractivity contribution in [3.05, 3.63) is 28.2 Å². The molecule has 0 amide bonds. The topological polar surface area (TPSA) is 3.24 Å². The van der Waals surface area contributed by atoms with E-state index >= 15 is 0 Å². The third-order valence-electron chi connectivity index (χ3n) is 3.11. The maximum absolute atomic E-state index is 13.0. The second kappa shape index (κ2) is 4.92. The van der Waals surface area contributed by atoms with E-state index in [0.29, 0.717) is 0 Å². The zero-order valence-electron chi connectivity index (χ0n) is 9.78. The molecule has 1 aliphatic rings. The van der Waals surface area contributed by atoms with E-state index in [4.69, 9.17) is 0 Å². The summed E-state index contributed by atoms with van der Waals surface area (Å²) in [7, 11) is 0. The quantitative estimate of drug-likeness (QED) is 0.668. The molecule has 0 aliphatic carbocycles. The van der Waals surface area contributed by atoms with E-state index in [1.165, 1.54) is 23.1 Å². The number of anilines is 1. The molecule has 1 aliphatic heterocycles. The molecule has 0 N–H and O–H groups in total. The van der Waals surface area contributed by atoms with E-state index in [1.807, 2.05) is 0 Å². The van der Waals surface area contributed by atoms with Gasteiger partial charge in [-0.3, -0.25) is 0 Å². The molecular formula is C12H11BrF5N. The molecule has 2 rings (SSSR count). The first kappa shape index (κ1) is 14.6. The van der Waals surface area contributed by atoms with E-state index in [-0.39, 0.29) is 23.2 Å². The lowest BCUT2D eigenvalue weighted by atomic mass is 10.0. The smallest absolute Gasteiger partial charge is 0.371 e. The summed E-state index contributed by atoms with van der Waals surface area (Å²) < 4.78 is 65.1. The van der Waals surface area contributed by atoms with Gasteiger partial charge in [-0.1, -0.05) is 22.0 Å². The number of nitrogens with zero attached hydrogens (tertiary/aromatic N) is 1. The lowest BCUT2D eigenvalue weighted by molar-refractivity contribution is -0.137. The first-order valence-corrected chi connectivity index (χ1v) is 6.48. The molecule has 0 saturated carbocycles. The van der Waals surface area contributed by atoms with Crippen LogP contribution in [0.5, 0.6) is 0 Å². The third kappa shape index (κ3) is 3.19. The van der Waals surface area contributed by atoms with E-state index in [2.05, 4.69) is 15.9 Å². The van der Waals surface area contributed by atoms with E-state index < -0.39 is 30.5 Å². The molecular weight excluding hydrogens is 333 g/mol. The van der Waals surface area contributed by atoms with Crippen molar-refractivity contribution in [3.8, 4) is 0 Å². The van der Waals surface area contributed by atoms with Gasteiger partial charge in [-0.05, 0) is 12.1 Å². The standard InChI is InChI=1S/C12H11BrF5N/c13-8-2-1-3-9(10(8)12(16,17)18)19-6-4-11(14,15)5-7-19/h1-3H,4-7H2. The summed E-state index contributed by atoms with van der Waals surface area (Å²) >= 11 is 2.88. The number of piperidine rings is 1. The Bertz CT molecular complexity index is 462. The SMILES string of the molecule is FC1(F)CCN(c2cccc(Br)c2C(F)(F)F)CC1. The van der Waals surface area contributed by atoms with Gasteiger partial charge in [-0.25, -0.2) is 8.78 Å². The van der Waals surface area contributed by atoms with Crippen molar-refractivity contribution in [1.82, 2.24) is 0 Å². The van der Waals surface area contributed by atoms with Crippen molar-refractivity contribution in [3.63, 3.8) is 0 Å². The van der Waals surface area contributed by atoms with Crippen LogP contribution in [0, 0.1) is 0 Å². The van der Waals surface area contributed by atoms with Gasteiger partial charge in [0.2, 0.25) is 0 Å². The molecule has 0 spiro atoms. The minimum atomic E-state index is -4.52. The van der Waals surface area contributed by atoms with Crippen LogP contribution in [0.4, 0.5) is 27.6 Å². The maximum atomic E-state index is 13.0. The first-order chi connectivity index (χ1) is 8.71. The summed E-state index contributed by atoms with van der Waals surface area (Å²) in [6.07, 6.45) is -5.36. The van der Waals surface area contributed by atoms with Crippen molar-refractivity contribution in [2.24, 2.45) is 0 Å². The Hall–Kier alpha value is -0.850. The molecule has 19 heavy (non-hydrogen) atoms. The van der Waals surface area contributed by atoms with Crippen molar-refractivity contribution < 1.29 is 22.0 Å². The lowest BCUT2D eigenvalue weighted by Gasteiger charge is -2.35. The van der Waals surface area contributed by atoms with Crippen molar-refractivity contribution in [1.29, 1.82) is 0 Å². The fourth-order valence-electron chi connectivity index (χ4n) is 2.13. The zero-order valence-corrected chi connectivity index (χ0v) is 11.4. The number of halogens is 6. The highest BCUT2D eigenvalue weighted by atomic mass is 79.9. The normalized spacial score (nSPS) is 19.6. The molecule has 1 aromatic carbocycles. The van der Waals surface area contributed by atoms with Crippen LogP contribution in [-0.2, 0) is 6.18 Å². The van der Waals surface area contributed by atoms with Gasteiger partial charge in [0, 0.05) is 30.4 Å². The number of rotatable bonds is 1. The Morgan fingerprint density at radius 3 is 2.21 bits per heavy atom. The van der Waals surface area contributed by atoms with Gasteiger partial charge in [0.15, 0.2) is 0 Å². The van der Waals surface area contributed by atoms with Crippen LogP contribution in [0.3, 0.4) is 0 Å². The molecule has 106 valence electrons. The fourth-order valence-corrected chi connectivity index (χ4v) is 2.71. The second-order valence-corrected chi connectivity index (χ2v) is 5.33. The average Bonchev–Trinajstić information content (AvgIpc) is 2.26. The highest BCUT2D eigenvalue weighted by molar-refractivity contribution is 9.10. The van der Waals surface area contributed by atoms with Gasteiger partial charge in [0.25, 0.3) is 5.92 Å². The Morgan fingerprint density at radius 2 is 1.68 bits per heavy atom. The van der Waals surface area contributed by atoms with Crippen molar-refractivity contribution >= 4 is 21.6 Å². The number of hydrogen-bond donors (Lipinski definition) is 0. The van der Waals surface area contributed by atoms with Crippen LogP contribution in [-0.4, -0.2) is 19.0 Å².